The van der Waals surface area contributed by atoms with Gasteiger partial charge in [0.2, 0.25) is 0 Å². The van der Waals surface area contributed by atoms with Crippen LogP contribution in [0.4, 0.5) is 0 Å². The lowest BCUT2D eigenvalue weighted by Gasteiger charge is -2.09. The van der Waals surface area contributed by atoms with Crippen LogP contribution in [0.5, 0.6) is 5.75 Å². The topological polar surface area (TPSA) is 82.3 Å². The van der Waals surface area contributed by atoms with Gasteiger partial charge in [0.05, 0.1) is 17.7 Å². The van der Waals surface area contributed by atoms with Crippen LogP contribution in [-0.2, 0) is 6.61 Å². The molecule has 1 unspecified atom stereocenters. The summed E-state index contributed by atoms with van der Waals surface area (Å²) in [5.74, 6) is 0.430. The van der Waals surface area contributed by atoms with Gasteiger partial charge in [-0.15, -0.1) is 0 Å². The molecule has 0 aliphatic carbocycles. The van der Waals surface area contributed by atoms with Gasteiger partial charge in [0.1, 0.15) is 12.4 Å². The lowest BCUT2D eigenvalue weighted by Crippen LogP contribution is -2.30. The van der Waals surface area contributed by atoms with Gasteiger partial charge in [-0.1, -0.05) is 12.1 Å². The van der Waals surface area contributed by atoms with Gasteiger partial charge in [0, 0.05) is 12.1 Å². The van der Waals surface area contributed by atoms with Gasteiger partial charge in [-0.3, -0.25) is 4.79 Å². The van der Waals surface area contributed by atoms with Crippen LogP contribution in [0, 0.1) is 11.3 Å². The predicted octanol–water partition coefficient (Wildman–Crippen LogP) is 2.25. The quantitative estimate of drug-likeness (QED) is 0.857. The van der Waals surface area contributed by atoms with Crippen LogP contribution in [0.3, 0.4) is 0 Å². The molecule has 23 heavy (non-hydrogen) atoms. The Hall–Kier alpha value is -2.84. The summed E-state index contributed by atoms with van der Waals surface area (Å²) >= 11 is 0. The van der Waals surface area contributed by atoms with Crippen molar-refractivity contribution in [2.75, 3.05) is 6.54 Å². The van der Waals surface area contributed by atoms with Crippen molar-refractivity contribution in [3.8, 4) is 11.8 Å². The molecule has 5 nitrogen and oxygen atoms in total. The van der Waals surface area contributed by atoms with Gasteiger partial charge in [0.15, 0.2) is 0 Å². The highest BCUT2D eigenvalue weighted by molar-refractivity contribution is 5.94. The zero-order valence-corrected chi connectivity index (χ0v) is 12.8. The number of hydrogen-bond acceptors (Lipinski definition) is 4. The lowest BCUT2D eigenvalue weighted by atomic mass is 10.1. The summed E-state index contributed by atoms with van der Waals surface area (Å²) in [6.45, 7) is 2.15. The Morgan fingerprint density at radius 2 is 2.04 bits per heavy atom. The summed E-state index contributed by atoms with van der Waals surface area (Å²) in [7, 11) is 0. The van der Waals surface area contributed by atoms with Gasteiger partial charge >= 0.3 is 0 Å². The maximum atomic E-state index is 12.0. The summed E-state index contributed by atoms with van der Waals surface area (Å²) in [5, 5.41) is 20.6. The van der Waals surface area contributed by atoms with Gasteiger partial charge in [-0.05, 0) is 48.9 Å². The van der Waals surface area contributed by atoms with E-state index in [9.17, 15) is 9.90 Å². The van der Waals surface area contributed by atoms with E-state index >= 15 is 0 Å². The van der Waals surface area contributed by atoms with Gasteiger partial charge in [-0.2, -0.15) is 5.26 Å². The maximum Gasteiger partial charge on any atom is 0.251 e. The van der Waals surface area contributed by atoms with E-state index in [1.807, 2.05) is 12.1 Å². The highest BCUT2D eigenvalue weighted by Crippen LogP contribution is 2.14. The number of aliphatic hydroxyl groups excluding tert-OH is 1. The minimum Gasteiger partial charge on any atom is -0.489 e. The maximum absolute atomic E-state index is 12.0. The Morgan fingerprint density at radius 1 is 1.30 bits per heavy atom. The molecule has 0 radical (unpaired) electrons. The van der Waals surface area contributed by atoms with Crippen molar-refractivity contribution in [3.05, 3.63) is 65.2 Å². The largest absolute Gasteiger partial charge is 0.489 e. The molecule has 0 saturated heterocycles. The van der Waals surface area contributed by atoms with Crippen LogP contribution in [-0.4, -0.2) is 23.7 Å². The van der Waals surface area contributed by atoms with Crippen LogP contribution in [0.1, 0.15) is 28.4 Å². The second-order valence-electron chi connectivity index (χ2n) is 5.18. The first-order chi connectivity index (χ1) is 11.1. The summed E-state index contributed by atoms with van der Waals surface area (Å²) in [4.78, 5) is 12.0. The second-order valence-corrected chi connectivity index (χ2v) is 5.18. The summed E-state index contributed by atoms with van der Waals surface area (Å²) in [6.07, 6.45) is -0.582. The number of amides is 1. The normalized spacial score (nSPS) is 11.3. The molecule has 0 saturated carbocycles. The molecular formula is C18H18N2O3. The molecule has 0 aliphatic heterocycles. The molecule has 0 fully saturated rings. The van der Waals surface area contributed by atoms with Crippen molar-refractivity contribution in [3.63, 3.8) is 0 Å². The first kappa shape index (κ1) is 16.5. The molecule has 118 valence electrons. The average Bonchev–Trinajstić information content (AvgIpc) is 2.58. The van der Waals surface area contributed by atoms with E-state index in [1.165, 1.54) is 0 Å². The summed E-state index contributed by atoms with van der Waals surface area (Å²) in [6, 6.07) is 16.0. The Balaban J connectivity index is 1.96. The first-order valence-corrected chi connectivity index (χ1v) is 7.26. The van der Waals surface area contributed by atoms with Crippen LogP contribution in [0.25, 0.3) is 0 Å². The monoisotopic (exact) mass is 310 g/mol. The number of carbonyl (C=O) groups excluding carboxylic acids is 1. The molecule has 5 heteroatoms. The molecule has 2 aromatic rings. The molecule has 1 atom stereocenters. The van der Waals surface area contributed by atoms with E-state index in [2.05, 4.69) is 5.32 Å². The third-order valence-electron chi connectivity index (χ3n) is 3.14. The lowest BCUT2D eigenvalue weighted by molar-refractivity contribution is 0.0924. The number of nitriles is 1. The number of nitrogens with zero attached hydrogens (tertiary/aromatic N) is 1. The van der Waals surface area contributed by atoms with E-state index in [0.29, 0.717) is 23.5 Å². The summed E-state index contributed by atoms with van der Waals surface area (Å²) < 4.78 is 5.64. The van der Waals surface area contributed by atoms with Crippen molar-refractivity contribution in [2.24, 2.45) is 0 Å². The standard InChI is InChI=1S/C18H18N2O3/c1-13(21)11-20-18(22)16-4-2-3-15(9-16)12-23-17-7-5-14(10-19)6-8-17/h2-9,13,21H,11-12H2,1H3,(H,20,22). The van der Waals surface area contributed by atoms with Crippen LogP contribution >= 0.6 is 0 Å². The highest BCUT2D eigenvalue weighted by Gasteiger charge is 2.07. The van der Waals surface area contributed by atoms with E-state index in [4.69, 9.17) is 10.00 Å². The first-order valence-electron chi connectivity index (χ1n) is 7.26. The average molecular weight is 310 g/mol. The van der Waals surface area contributed by atoms with Crippen molar-refractivity contribution < 1.29 is 14.6 Å². The molecule has 0 aromatic heterocycles. The van der Waals surface area contributed by atoms with E-state index < -0.39 is 6.10 Å². The SMILES string of the molecule is CC(O)CNC(=O)c1cccc(COc2ccc(C#N)cc2)c1. The third kappa shape index (κ3) is 5.13. The predicted molar refractivity (Wildman–Crippen MR) is 85.9 cm³/mol. The molecule has 0 heterocycles. The van der Waals surface area contributed by atoms with Crippen molar-refractivity contribution in [1.29, 1.82) is 5.26 Å². The number of carbonyl (C=O) groups is 1. The number of benzene rings is 2. The number of ether oxygens (including phenoxy) is 1. The van der Waals surface area contributed by atoms with Crippen LogP contribution < -0.4 is 10.1 Å². The number of aliphatic hydroxyl groups is 1. The van der Waals surface area contributed by atoms with Crippen molar-refractivity contribution in [1.82, 2.24) is 5.32 Å². The minimum absolute atomic E-state index is 0.213. The molecule has 1 amide bonds. The number of nitrogens with one attached hydrogen (secondary N) is 1. The fraction of sp³-hybridized carbons (Fsp3) is 0.222. The molecular weight excluding hydrogens is 292 g/mol. The number of hydrogen-bond donors (Lipinski definition) is 2. The molecule has 0 spiro atoms. The molecule has 2 rings (SSSR count). The Bertz CT molecular complexity index is 703. The number of rotatable bonds is 6. The van der Waals surface area contributed by atoms with Gasteiger partial charge < -0.3 is 15.2 Å². The molecule has 2 N–H and O–H groups in total. The minimum atomic E-state index is -0.582. The molecule has 2 aromatic carbocycles. The van der Waals surface area contributed by atoms with E-state index in [0.717, 1.165) is 5.56 Å². The zero-order chi connectivity index (χ0) is 16.7. The Morgan fingerprint density at radius 3 is 2.70 bits per heavy atom. The molecule has 0 aliphatic rings. The fourth-order valence-electron chi connectivity index (χ4n) is 1.94. The van der Waals surface area contributed by atoms with Crippen LogP contribution in [0.2, 0.25) is 0 Å². The van der Waals surface area contributed by atoms with Crippen molar-refractivity contribution in [2.45, 2.75) is 19.6 Å². The van der Waals surface area contributed by atoms with Crippen molar-refractivity contribution >= 4 is 5.91 Å². The smallest absolute Gasteiger partial charge is 0.251 e. The van der Waals surface area contributed by atoms with Gasteiger partial charge in [0.25, 0.3) is 5.91 Å². The van der Waals surface area contributed by atoms with Crippen LogP contribution in [0.15, 0.2) is 48.5 Å². The van der Waals surface area contributed by atoms with E-state index in [1.54, 1.807) is 49.4 Å². The third-order valence-corrected chi connectivity index (χ3v) is 3.14. The highest BCUT2D eigenvalue weighted by atomic mass is 16.5. The Labute approximate surface area is 135 Å². The second kappa shape index (κ2) is 7.97. The summed E-state index contributed by atoms with van der Waals surface area (Å²) in [5.41, 5.74) is 1.96. The molecule has 0 bridgehead atoms. The fourth-order valence-corrected chi connectivity index (χ4v) is 1.94. The van der Waals surface area contributed by atoms with E-state index in [-0.39, 0.29) is 12.5 Å². The Kier molecular flexibility index (Phi) is 5.73. The van der Waals surface area contributed by atoms with Gasteiger partial charge in [-0.25, -0.2) is 0 Å². The zero-order valence-electron chi connectivity index (χ0n) is 12.8.